The summed E-state index contributed by atoms with van der Waals surface area (Å²) in [5.74, 6) is 0.101. The normalized spacial score (nSPS) is 13.4. The standard InChI is InChI=1S/C16H19FN2O3/c1-11(9-12-5-2-3-6-13(12)17)19-16(21)18-10-14(20)15-7-4-8-22-15/h2-8,11,14,20H,9-10H2,1H3,(H2,18,19,21). The summed E-state index contributed by atoms with van der Waals surface area (Å²) in [7, 11) is 0. The predicted octanol–water partition coefficient (Wildman–Crippen LogP) is 2.38. The number of aliphatic hydroxyl groups is 1. The molecule has 2 unspecified atom stereocenters. The molecule has 0 fully saturated rings. The van der Waals surface area contributed by atoms with E-state index in [2.05, 4.69) is 10.6 Å². The molecule has 0 aliphatic carbocycles. The van der Waals surface area contributed by atoms with Gasteiger partial charge in [-0.25, -0.2) is 9.18 Å². The first kappa shape index (κ1) is 16.0. The molecule has 0 radical (unpaired) electrons. The molecule has 2 rings (SSSR count). The van der Waals surface area contributed by atoms with E-state index in [1.54, 1.807) is 37.3 Å². The number of benzene rings is 1. The molecule has 0 aliphatic heterocycles. The van der Waals surface area contributed by atoms with Crippen molar-refractivity contribution in [3.05, 3.63) is 59.8 Å². The van der Waals surface area contributed by atoms with Gasteiger partial charge in [-0.3, -0.25) is 0 Å². The monoisotopic (exact) mass is 306 g/mol. The predicted molar refractivity (Wildman–Crippen MR) is 79.8 cm³/mol. The van der Waals surface area contributed by atoms with Crippen LogP contribution >= 0.6 is 0 Å². The van der Waals surface area contributed by atoms with Gasteiger partial charge in [-0.15, -0.1) is 0 Å². The highest BCUT2D eigenvalue weighted by molar-refractivity contribution is 5.74. The summed E-state index contributed by atoms with van der Waals surface area (Å²) in [5.41, 5.74) is 0.547. The highest BCUT2D eigenvalue weighted by atomic mass is 19.1. The van der Waals surface area contributed by atoms with Crippen LogP contribution < -0.4 is 10.6 Å². The summed E-state index contributed by atoms with van der Waals surface area (Å²) in [5, 5.41) is 15.0. The first-order valence-corrected chi connectivity index (χ1v) is 7.05. The summed E-state index contributed by atoms with van der Waals surface area (Å²) in [6.07, 6.45) is 0.943. The number of rotatable bonds is 6. The largest absolute Gasteiger partial charge is 0.467 e. The maximum Gasteiger partial charge on any atom is 0.315 e. The molecule has 1 heterocycles. The van der Waals surface area contributed by atoms with Crippen molar-refractivity contribution in [3.8, 4) is 0 Å². The number of hydrogen-bond acceptors (Lipinski definition) is 3. The van der Waals surface area contributed by atoms with Crippen LogP contribution in [0.15, 0.2) is 47.1 Å². The average Bonchev–Trinajstić information content (AvgIpc) is 3.01. The van der Waals surface area contributed by atoms with Crippen LogP contribution in [0.1, 0.15) is 24.4 Å². The minimum Gasteiger partial charge on any atom is -0.467 e. The van der Waals surface area contributed by atoms with Crippen molar-refractivity contribution in [1.29, 1.82) is 0 Å². The second-order valence-corrected chi connectivity index (χ2v) is 5.08. The molecule has 1 aromatic carbocycles. The second-order valence-electron chi connectivity index (χ2n) is 5.08. The van der Waals surface area contributed by atoms with Crippen LogP contribution in [0.25, 0.3) is 0 Å². The molecule has 6 heteroatoms. The zero-order chi connectivity index (χ0) is 15.9. The number of aliphatic hydroxyl groups excluding tert-OH is 1. The van der Waals surface area contributed by atoms with Gasteiger partial charge in [-0.05, 0) is 37.1 Å². The third-order valence-corrected chi connectivity index (χ3v) is 3.19. The van der Waals surface area contributed by atoms with Gasteiger partial charge >= 0.3 is 6.03 Å². The van der Waals surface area contributed by atoms with Crippen LogP contribution in [0.4, 0.5) is 9.18 Å². The lowest BCUT2D eigenvalue weighted by Crippen LogP contribution is -2.43. The average molecular weight is 306 g/mol. The quantitative estimate of drug-likeness (QED) is 0.767. The van der Waals surface area contributed by atoms with E-state index in [4.69, 9.17) is 4.42 Å². The van der Waals surface area contributed by atoms with E-state index < -0.39 is 12.1 Å². The SMILES string of the molecule is CC(Cc1ccccc1F)NC(=O)NCC(O)c1ccco1. The fourth-order valence-corrected chi connectivity index (χ4v) is 2.09. The third kappa shape index (κ3) is 4.60. The zero-order valence-corrected chi connectivity index (χ0v) is 12.3. The number of nitrogens with one attached hydrogen (secondary N) is 2. The van der Waals surface area contributed by atoms with Crippen molar-refractivity contribution in [3.63, 3.8) is 0 Å². The number of halogens is 1. The van der Waals surface area contributed by atoms with Crippen LogP contribution in [-0.4, -0.2) is 23.7 Å². The van der Waals surface area contributed by atoms with Gasteiger partial charge in [-0.2, -0.15) is 0 Å². The molecule has 2 amide bonds. The molecular formula is C16H19FN2O3. The van der Waals surface area contributed by atoms with Crippen LogP contribution in [0.3, 0.4) is 0 Å². The van der Waals surface area contributed by atoms with Crippen LogP contribution in [0, 0.1) is 5.82 Å². The topological polar surface area (TPSA) is 74.5 Å². The van der Waals surface area contributed by atoms with Crippen molar-refractivity contribution >= 4 is 6.03 Å². The van der Waals surface area contributed by atoms with Gasteiger partial charge in [0.25, 0.3) is 0 Å². The molecule has 0 spiro atoms. The van der Waals surface area contributed by atoms with E-state index >= 15 is 0 Å². The Kier molecular flexibility index (Phi) is 5.55. The van der Waals surface area contributed by atoms with Gasteiger partial charge in [0.15, 0.2) is 0 Å². The number of hydrogen-bond donors (Lipinski definition) is 3. The van der Waals surface area contributed by atoms with Crippen LogP contribution in [0.5, 0.6) is 0 Å². The number of amides is 2. The second kappa shape index (κ2) is 7.61. The Labute approximate surface area is 128 Å². The Morgan fingerprint density at radius 2 is 2.09 bits per heavy atom. The minimum atomic E-state index is -0.900. The highest BCUT2D eigenvalue weighted by Gasteiger charge is 2.14. The van der Waals surface area contributed by atoms with Gasteiger partial charge in [0.05, 0.1) is 12.8 Å². The van der Waals surface area contributed by atoms with Gasteiger partial charge in [-0.1, -0.05) is 18.2 Å². The highest BCUT2D eigenvalue weighted by Crippen LogP contribution is 2.11. The van der Waals surface area contributed by atoms with Crippen molar-refractivity contribution < 1.29 is 18.7 Å². The summed E-state index contributed by atoms with van der Waals surface area (Å²) < 4.78 is 18.6. The molecule has 0 saturated carbocycles. The molecule has 5 nitrogen and oxygen atoms in total. The Morgan fingerprint density at radius 3 is 2.77 bits per heavy atom. The lowest BCUT2D eigenvalue weighted by molar-refractivity contribution is 0.147. The molecule has 2 atom stereocenters. The number of furan rings is 1. The lowest BCUT2D eigenvalue weighted by Gasteiger charge is -2.16. The fraction of sp³-hybridized carbons (Fsp3) is 0.312. The number of urea groups is 1. The Hall–Kier alpha value is -2.34. The molecule has 118 valence electrons. The van der Waals surface area contributed by atoms with E-state index in [0.717, 1.165) is 0 Å². The van der Waals surface area contributed by atoms with Crippen molar-refractivity contribution in [2.75, 3.05) is 6.54 Å². The maximum absolute atomic E-state index is 13.5. The van der Waals surface area contributed by atoms with E-state index in [1.165, 1.54) is 12.3 Å². The van der Waals surface area contributed by atoms with Crippen LogP contribution in [0.2, 0.25) is 0 Å². The molecule has 22 heavy (non-hydrogen) atoms. The Morgan fingerprint density at radius 1 is 1.32 bits per heavy atom. The van der Waals surface area contributed by atoms with Crippen molar-refractivity contribution in [2.24, 2.45) is 0 Å². The van der Waals surface area contributed by atoms with Crippen LogP contribution in [-0.2, 0) is 6.42 Å². The van der Waals surface area contributed by atoms with Gasteiger partial charge in [0.1, 0.15) is 17.7 Å². The number of carbonyl (C=O) groups is 1. The molecule has 0 bridgehead atoms. The molecule has 0 aliphatic rings. The molecule has 3 N–H and O–H groups in total. The number of carbonyl (C=O) groups excluding carboxylic acids is 1. The first-order chi connectivity index (χ1) is 10.6. The van der Waals surface area contributed by atoms with Crippen molar-refractivity contribution in [1.82, 2.24) is 10.6 Å². The van der Waals surface area contributed by atoms with Crippen molar-refractivity contribution in [2.45, 2.75) is 25.5 Å². The molecule has 0 saturated heterocycles. The minimum absolute atomic E-state index is 0.0335. The third-order valence-electron chi connectivity index (χ3n) is 3.19. The fourth-order valence-electron chi connectivity index (χ4n) is 2.09. The Bertz CT molecular complexity index is 601. The summed E-state index contributed by atoms with van der Waals surface area (Å²) in [4.78, 5) is 11.7. The van der Waals surface area contributed by atoms with E-state index in [1.807, 2.05) is 0 Å². The summed E-state index contributed by atoms with van der Waals surface area (Å²) >= 11 is 0. The van der Waals surface area contributed by atoms with Gasteiger partial charge < -0.3 is 20.2 Å². The summed E-state index contributed by atoms with van der Waals surface area (Å²) in [6, 6.07) is 9.09. The first-order valence-electron chi connectivity index (χ1n) is 7.05. The van der Waals surface area contributed by atoms with Gasteiger partial charge in [0, 0.05) is 6.04 Å². The van der Waals surface area contributed by atoms with Gasteiger partial charge in [0.2, 0.25) is 0 Å². The van der Waals surface area contributed by atoms with E-state index in [9.17, 15) is 14.3 Å². The molecule has 2 aromatic rings. The zero-order valence-electron chi connectivity index (χ0n) is 12.3. The van der Waals surface area contributed by atoms with E-state index in [0.29, 0.717) is 17.7 Å². The molecule has 1 aromatic heterocycles. The Balaban J connectivity index is 1.76. The smallest absolute Gasteiger partial charge is 0.315 e. The van der Waals surface area contributed by atoms with E-state index in [-0.39, 0.29) is 18.4 Å². The maximum atomic E-state index is 13.5. The molecular weight excluding hydrogens is 287 g/mol. The summed E-state index contributed by atoms with van der Waals surface area (Å²) in [6.45, 7) is 1.82. The lowest BCUT2D eigenvalue weighted by atomic mass is 10.1.